The molecular weight excluding hydrogens is 240 g/mol. The van der Waals surface area contributed by atoms with Gasteiger partial charge in [0.1, 0.15) is 0 Å². The van der Waals surface area contributed by atoms with Gasteiger partial charge in [-0.25, -0.2) is 4.79 Å². The van der Waals surface area contributed by atoms with Crippen LogP contribution in [0.25, 0.3) is 0 Å². The second-order valence-corrected chi connectivity index (χ2v) is 5.27. The van der Waals surface area contributed by atoms with Crippen LogP contribution in [0.5, 0.6) is 0 Å². The molecule has 0 bridgehead atoms. The number of aromatic carboxylic acids is 1. The van der Waals surface area contributed by atoms with Crippen LogP contribution in [0.1, 0.15) is 54.6 Å². The van der Waals surface area contributed by atoms with Crippen molar-refractivity contribution in [2.75, 3.05) is 6.54 Å². The molecule has 0 saturated heterocycles. The molecule has 0 unspecified atom stereocenters. The van der Waals surface area contributed by atoms with Crippen molar-refractivity contribution in [1.82, 2.24) is 10.3 Å². The summed E-state index contributed by atoms with van der Waals surface area (Å²) in [5.41, 5.74) is 0.923. The fourth-order valence-electron chi connectivity index (χ4n) is 2.76. The molecule has 1 aliphatic carbocycles. The molecule has 4 nitrogen and oxygen atoms in total. The molecule has 0 amide bonds. The van der Waals surface area contributed by atoms with Gasteiger partial charge in [-0.15, -0.1) is 0 Å². The summed E-state index contributed by atoms with van der Waals surface area (Å²) in [4.78, 5) is 15.2. The van der Waals surface area contributed by atoms with E-state index in [2.05, 4.69) is 10.3 Å². The first-order chi connectivity index (χ1) is 9.27. The Kier molecular flexibility index (Phi) is 5.33. The SMILES string of the molecule is O=C(O)c1cccnc1CNCCC1CCCCC1. The lowest BCUT2D eigenvalue weighted by Gasteiger charge is -2.21. The fraction of sp³-hybridized carbons (Fsp3) is 0.600. The van der Waals surface area contributed by atoms with Gasteiger partial charge in [0.2, 0.25) is 0 Å². The van der Waals surface area contributed by atoms with Crippen molar-refractivity contribution in [3.05, 3.63) is 29.6 Å². The lowest BCUT2D eigenvalue weighted by molar-refractivity contribution is 0.0695. The zero-order valence-electron chi connectivity index (χ0n) is 11.3. The standard InChI is InChI=1S/C15H22N2O2/c18-15(19)13-7-4-9-17-14(13)11-16-10-8-12-5-2-1-3-6-12/h4,7,9,12,16H,1-3,5-6,8,10-11H2,(H,18,19). The quantitative estimate of drug-likeness (QED) is 0.774. The maximum Gasteiger partial charge on any atom is 0.337 e. The van der Waals surface area contributed by atoms with E-state index < -0.39 is 5.97 Å². The molecule has 1 aliphatic rings. The van der Waals surface area contributed by atoms with Gasteiger partial charge < -0.3 is 10.4 Å². The lowest BCUT2D eigenvalue weighted by Crippen LogP contribution is -2.21. The van der Waals surface area contributed by atoms with Crippen LogP contribution >= 0.6 is 0 Å². The third-order valence-electron chi connectivity index (χ3n) is 3.87. The normalized spacial score (nSPS) is 16.4. The summed E-state index contributed by atoms with van der Waals surface area (Å²) in [7, 11) is 0. The zero-order chi connectivity index (χ0) is 13.5. The molecule has 1 heterocycles. The highest BCUT2D eigenvalue weighted by Gasteiger charge is 2.13. The van der Waals surface area contributed by atoms with Crippen molar-refractivity contribution in [2.45, 2.75) is 45.1 Å². The van der Waals surface area contributed by atoms with Gasteiger partial charge in [0.05, 0.1) is 11.3 Å². The summed E-state index contributed by atoms with van der Waals surface area (Å²) >= 11 is 0. The Morgan fingerprint density at radius 3 is 2.89 bits per heavy atom. The second kappa shape index (κ2) is 7.24. The fourth-order valence-corrected chi connectivity index (χ4v) is 2.76. The minimum Gasteiger partial charge on any atom is -0.478 e. The van der Waals surface area contributed by atoms with Gasteiger partial charge in [-0.2, -0.15) is 0 Å². The summed E-state index contributed by atoms with van der Waals surface area (Å²) in [6, 6.07) is 3.27. The van der Waals surface area contributed by atoms with E-state index >= 15 is 0 Å². The predicted molar refractivity (Wildman–Crippen MR) is 74.1 cm³/mol. The first kappa shape index (κ1) is 14.0. The minimum absolute atomic E-state index is 0.299. The van der Waals surface area contributed by atoms with Gasteiger partial charge >= 0.3 is 5.97 Å². The molecule has 0 atom stereocenters. The van der Waals surface area contributed by atoms with Gasteiger partial charge in [-0.1, -0.05) is 32.1 Å². The highest BCUT2D eigenvalue weighted by Crippen LogP contribution is 2.25. The summed E-state index contributed by atoms with van der Waals surface area (Å²) < 4.78 is 0. The summed E-state index contributed by atoms with van der Waals surface area (Å²) in [6.07, 6.45) is 9.67. The van der Waals surface area contributed by atoms with E-state index in [0.29, 0.717) is 17.8 Å². The Balaban J connectivity index is 1.74. The summed E-state index contributed by atoms with van der Waals surface area (Å²) in [5.74, 6) is -0.0545. The Morgan fingerprint density at radius 2 is 2.16 bits per heavy atom. The van der Waals surface area contributed by atoms with Crippen molar-refractivity contribution in [2.24, 2.45) is 5.92 Å². The molecule has 2 N–H and O–H groups in total. The number of rotatable bonds is 6. The molecule has 1 fully saturated rings. The van der Waals surface area contributed by atoms with Crippen LogP contribution < -0.4 is 5.32 Å². The van der Waals surface area contributed by atoms with Crippen molar-refractivity contribution < 1.29 is 9.90 Å². The van der Waals surface area contributed by atoms with Gasteiger partial charge in [-0.3, -0.25) is 4.98 Å². The Morgan fingerprint density at radius 1 is 1.37 bits per heavy atom. The molecule has 104 valence electrons. The van der Waals surface area contributed by atoms with Crippen molar-refractivity contribution in [3.63, 3.8) is 0 Å². The number of nitrogens with one attached hydrogen (secondary N) is 1. The zero-order valence-corrected chi connectivity index (χ0v) is 11.3. The number of pyridine rings is 1. The van der Waals surface area contributed by atoms with E-state index in [0.717, 1.165) is 12.5 Å². The van der Waals surface area contributed by atoms with Crippen LogP contribution in [0, 0.1) is 5.92 Å². The number of hydrogen-bond donors (Lipinski definition) is 2. The third-order valence-corrected chi connectivity index (χ3v) is 3.87. The molecule has 1 saturated carbocycles. The molecule has 2 rings (SSSR count). The average Bonchev–Trinajstić information content (AvgIpc) is 2.45. The molecule has 4 heteroatoms. The van der Waals surface area contributed by atoms with Gasteiger partial charge in [0.15, 0.2) is 0 Å². The molecule has 0 aliphatic heterocycles. The average molecular weight is 262 g/mol. The smallest absolute Gasteiger partial charge is 0.337 e. The van der Waals surface area contributed by atoms with Crippen LogP contribution in [0.2, 0.25) is 0 Å². The Labute approximate surface area is 114 Å². The summed E-state index contributed by atoms with van der Waals surface area (Å²) in [5, 5.41) is 12.4. The third kappa shape index (κ3) is 4.31. The van der Waals surface area contributed by atoms with Crippen LogP contribution in [0.15, 0.2) is 18.3 Å². The first-order valence-corrected chi connectivity index (χ1v) is 7.15. The van der Waals surface area contributed by atoms with Crippen LogP contribution in [0.4, 0.5) is 0 Å². The number of nitrogens with zero attached hydrogens (tertiary/aromatic N) is 1. The van der Waals surface area contributed by atoms with Gasteiger partial charge in [0.25, 0.3) is 0 Å². The van der Waals surface area contributed by atoms with E-state index in [-0.39, 0.29) is 0 Å². The molecule has 1 aromatic rings. The van der Waals surface area contributed by atoms with Crippen molar-refractivity contribution >= 4 is 5.97 Å². The maximum atomic E-state index is 11.0. The number of carboxylic acid groups (broad SMARTS) is 1. The molecule has 0 spiro atoms. The molecule has 19 heavy (non-hydrogen) atoms. The highest BCUT2D eigenvalue weighted by atomic mass is 16.4. The largest absolute Gasteiger partial charge is 0.478 e. The number of carbonyl (C=O) groups is 1. The summed E-state index contributed by atoms with van der Waals surface area (Å²) in [6.45, 7) is 1.48. The van der Waals surface area contributed by atoms with Crippen LogP contribution in [0.3, 0.4) is 0 Å². The molecular formula is C15H22N2O2. The lowest BCUT2D eigenvalue weighted by atomic mass is 9.87. The van der Waals surface area contributed by atoms with Crippen LogP contribution in [-0.2, 0) is 6.54 Å². The Bertz CT molecular complexity index is 414. The first-order valence-electron chi connectivity index (χ1n) is 7.15. The number of carboxylic acids is 1. The predicted octanol–water partition coefficient (Wildman–Crippen LogP) is 2.84. The van der Waals surface area contributed by atoms with Gasteiger partial charge in [-0.05, 0) is 31.0 Å². The molecule has 1 aromatic heterocycles. The maximum absolute atomic E-state index is 11.0. The second-order valence-electron chi connectivity index (χ2n) is 5.27. The highest BCUT2D eigenvalue weighted by molar-refractivity contribution is 5.88. The van der Waals surface area contributed by atoms with E-state index in [4.69, 9.17) is 5.11 Å². The van der Waals surface area contributed by atoms with E-state index in [1.54, 1.807) is 18.3 Å². The Hall–Kier alpha value is -1.42. The monoisotopic (exact) mass is 262 g/mol. The van der Waals surface area contributed by atoms with Crippen LogP contribution in [-0.4, -0.2) is 22.6 Å². The van der Waals surface area contributed by atoms with Gasteiger partial charge in [0, 0.05) is 12.7 Å². The molecule has 0 radical (unpaired) electrons. The van der Waals surface area contributed by atoms with E-state index in [1.165, 1.54) is 38.5 Å². The number of aromatic nitrogens is 1. The topological polar surface area (TPSA) is 62.2 Å². The van der Waals surface area contributed by atoms with Crippen molar-refractivity contribution in [1.29, 1.82) is 0 Å². The van der Waals surface area contributed by atoms with E-state index in [9.17, 15) is 4.79 Å². The van der Waals surface area contributed by atoms with E-state index in [1.807, 2.05) is 0 Å². The minimum atomic E-state index is -0.905. The number of hydrogen-bond acceptors (Lipinski definition) is 3. The molecule has 0 aromatic carbocycles. The van der Waals surface area contributed by atoms with Crippen molar-refractivity contribution in [3.8, 4) is 0 Å².